The van der Waals surface area contributed by atoms with Gasteiger partial charge in [0.15, 0.2) is 0 Å². The molecule has 0 radical (unpaired) electrons. The van der Waals surface area contributed by atoms with Crippen molar-refractivity contribution in [1.82, 2.24) is 0 Å². The van der Waals surface area contributed by atoms with E-state index in [1.54, 1.807) is 0 Å². The Balaban J connectivity index is 2.46. The SMILES string of the molecule is PCc1ccc(-c2ccc(CP)c(CP)c2)cc1CP. The third-order valence-corrected chi connectivity index (χ3v) is 5.38. The van der Waals surface area contributed by atoms with Gasteiger partial charge in [-0.1, -0.05) is 36.4 Å². The summed E-state index contributed by atoms with van der Waals surface area (Å²) < 4.78 is 0. The van der Waals surface area contributed by atoms with Crippen molar-refractivity contribution in [2.75, 3.05) is 0 Å². The van der Waals surface area contributed by atoms with Crippen LogP contribution in [0.1, 0.15) is 22.3 Å². The summed E-state index contributed by atoms with van der Waals surface area (Å²) in [5.74, 6) is 0. The Hall–Kier alpha value is 0.160. The Morgan fingerprint density at radius 1 is 0.500 bits per heavy atom. The normalized spacial score (nSPS) is 10.8. The van der Waals surface area contributed by atoms with Gasteiger partial charge < -0.3 is 0 Å². The number of rotatable bonds is 5. The van der Waals surface area contributed by atoms with E-state index >= 15 is 0 Å². The Labute approximate surface area is 131 Å². The van der Waals surface area contributed by atoms with Crippen molar-refractivity contribution < 1.29 is 0 Å². The molecule has 2 aromatic carbocycles. The van der Waals surface area contributed by atoms with E-state index < -0.39 is 0 Å². The van der Waals surface area contributed by atoms with Gasteiger partial charge in [0.05, 0.1) is 0 Å². The Morgan fingerprint density at radius 2 is 0.850 bits per heavy atom. The van der Waals surface area contributed by atoms with Crippen LogP contribution in [-0.4, -0.2) is 0 Å². The zero-order chi connectivity index (χ0) is 14.5. The van der Waals surface area contributed by atoms with Crippen molar-refractivity contribution in [3.05, 3.63) is 58.7 Å². The van der Waals surface area contributed by atoms with Crippen LogP contribution < -0.4 is 0 Å². The largest absolute Gasteiger partial charge is 0.133 e. The summed E-state index contributed by atoms with van der Waals surface area (Å²) >= 11 is 0. The summed E-state index contributed by atoms with van der Waals surface area (Å²) in [6.07, 6.45) is 4.06. The van der Waals surface area contributed by atoms with Crippen LogP contribution in [0.25, 0.3) is 11.1 Å². The van der Waals surface area contributed by atoms with Gasteiger partial charge in [-0.3, -0.25) is 0 Å². The fourth-order valence-electron chi connectivity index (χ4n) is 2.39. The molecule has 0 spiro atoms. The first kappa shape index (κ1) is 16.5. The van der Waals surface area contributed by atoms with Crippen molar-refractivity contribution in [2.45, 2.75) is 24.6 Å². The van der Waals surface area contributed by atoms with E-state index in [0.29, 0.717) is 0 Å². The molecule has 0 aliphatic carbocycles. The van der Waals surface area contributed by atoms with Gasteiger partial charge in [0.25, 0.3) is 0 Å². The minimum Gasteiger partial charge on any atom is -0.133 e. The van der Waals surface area contributed by atoms with Gasteiger partial charge in [0.1, 0.15) is 0 Å². The van der Waals surface area contributed by atoms with E-state index in [-0.39, 0.29) is 0 Å². The lowest BCUT2D eigenvalue weighted by molar-refractivity contribution is 1.27. The number of benzene rings is 2. The molecule has 4 heteroatoms. The number of hydrogen-bond acceptors (Lipinski definition) is 0. The van der Waals surface area contributed by atoms with Crippen molar-refractivity contribution in [3.8, 4) is 11.1 Å². The highest BCUT2D eigenvalue weighted by molar-refractivity contribution is 7.16. The molecule has 0 aromatic heterocycles. The van der Waals surface area contributed by atoms with E-state index in [2.05, 4.69) is 73.4 Å². The van der Waals surface area contributed by atoms with Gasteiger partial charge in [-0.25, -0.2) is 0 Å². The van der Waals surface area contributed by atoms with E-state index in [0.717, 1.165) is 24.6 Å². The molecule has 0 aliphatic heterocycles. The molecular weight excluding hydrogens is 316 g/mol. The highest BCUT2D eigenvalue weighted by Crippen LogP contribution is 2.28. The minimum atomic E-state index is 1.01. The van der Waals surface area contributed by atoms with Gasteiger partial charge in [-0.2, -0.15) is 0 Å². The lowest BCUT2D eigenvalue weighted by atomic mass is 9.97. The quantitative estimate of drug-likeness (QED) is 0.684. The van der Waals surface area contributed by atoms with Crippen molar-refractivity contribution in [1.29, 1.82) is 0 Å². The van der Waals surface area contributed by atoms with E-state index in [1.807, 2.05) is 0 Å². The molecule has 106 valence electrons. The van der Waals surface area contributed by atoms with Crippen LogP contribution in [0, 0.1) is 0 Å². The highest BCUT2D eigenvalue weighted by atomic mass is 31.0. The topological polar surface area (TPSA) is 0 Å². The third-order valence-electron chi connectivity index (χ3n) is 3.63. The van der Waals surface area contributed by atoms with Gasteiger partial charge in [-0.15, -0.1) is 37.0 Å². The first-order valence-electron chi connectivity index (χ1n) is 6.77. The predicted octanol–water partition coefficient (Wildman–Crippen LogP) is 4.85. The third kappa shape index (κ3) is 3.67. The van der Waals surface area contributed by atoms with Crippen LogP contribution in [0.15, 0.2) is 36.4 Å². The van der Waals surface area contributed by atoms with Crippen LogP contribution in [0.4, 0.5) is 0 Å². The first-order chi connectivity index (χ1) is 9.73. The Morgan fingerprint density at radius 3 is 1.15 bits per heavy atom. The molecule has 2 aromatic rings. The predicted molar refractivity (Wildman–Crippen MR) is 106 cm³/mol. The summed E-state index contributed by atoms with van der Waals surface area (Å²) in [4.78, 5) is 0. The Kier molecular flexibility index (Phi) is 6.59. The monoisotopic (exact) mass is 338 g/mol. The zero-order valence-electron chi connectivity index (χ0n) is 11.6. The van der Waals surface area contributed by atoms with Crippen LogP contribution in [0.3, 0.4) is 0 Å². The molecule has 0 nitrogen and oxygen atoms in total. The summed E-state index contributed by atoms with van der Waals surface area (Å²) in [7, 11) is 11.3. The molecule has 0 N–H and O–H groups in total. The average Bonchev–Trinajstić information content (AvgIpc) is 2.53. The van der Waals surface area contributed by atoms with Gasteiger partial charge in [0.2, 0.25) is 0 Å². The van der Waals surface area contributed by atoms with Crippen LogP contribution in [0.5, 0.6) is 0 Å². The minimum absolute atomic E-state index is 1.01. The van der Waals surface area contributed by atoms with Crippen molar-refractivity contribution >= 4 is 37.0 Å². The van der Waals surface area contributed by atoms with Crippen molar-refractivity contribution in [2.24, 2.45) is 0 Å². The Bertz CT molecular complexity index is 540. The fraction of sp³-hybridized carbons (Fsp3) is 0.250. The second-order valence-corrected chi connectivity index (χ2v) is 6.42. The molecule has 4 unspecified atom stereocenters. The molecule has 4 atom stereocenters. The maximum atomic E-state index is 2.84. The van der Waals surface area contributed by atoms with Crippen molar-refractivity contribution in [3.63, 3.8) is 0 Å². The molecular formula is C16H22P4. The van der Waals surface area contributed by atoms with Crippen LogP contribution in [-0.2, 0) is 24.6 Å². The van der Waals surface area contributed by atoms with E-state index in [1.165, 1.54) is 33.4 Å². The summed E-state index contributed by atoms with van der Waals surface area (Å²) in [6.45, 7) is 0. The van der Waals surface area contributed by atoms with Crippen LogP contribution in [0.2, 0.25) is 0 Å². The maximum absolute atomic E-state index is 2.84. The molecule has 0 bridgehead atoms. The fourth-order valence-corrected chi connectivity index (χ4v) is 3.95. The first-order valence-corrected chi connectivity index (χ1v) is 10.0. The molecule has 0 heterocycles. The maximum Gasteiger partial charge on any atom is -0.0125 e. The summed E-state index contributed by atoms with van der Waals surface area (Å²) in [6, 6.07) is 13.7. The van der Waals surface area contributed by atoms with Crippen LogP contribution >= 0.6 is 37.0 Å². The van der Waals surface area contributed by atoms with Gasteiger partial charge in [-0.05, 0) is 58.0 Å². The van der Waals surface area contributed by atoms with E-state index in [4.69, 9.17) is 0 Å². The second-order valence-electron chi connectivity index (χ2n) is 4.78. The molecule has 0 aliphatic rings. The average molecular weight is 338 g/mol. The lowest BCUT2D eigenvalue weighted by Gasteiger charge is -2.12. The molecule has 0 amide bonds. The summed E-state index contributed by atoms with van der Waals surface area (Å²) in [5.41, 5.74) is 8.32. The molecule has 0 saturated carbocycles. The lowest BCUT2D eigenvalue weighted by Crippen LogP contribution is -1.92. The van der Waals surface area contributed by atoms with Gasteiger partial charge >= 0.3 is 0 Å². The van der Waals surface area contributed by atoms with Gasteiger partial charge in [0, 0.05) is 0 Å². The molecule has 0 saturated heterocycles. The molecule has 0 fully saturated rings. The highest BCUT2D eigenvalue weighted by Gasteiger charge is 2.06. The summed E-state index contributed by atoms with van der Waals surface area (Å²) in [5, 5.41) is 0. The molecule has 20 heavy (non-hydrogen) atoms. The zero-order valence-corrected chi connectivity index (χ0v) is 16.2. The second kappa shape index (κ2) is 7.97. The number of hydrogen-bond donors (Lipinski definition) is 0. The standard InChI is InChI=1S/C16H22P4/c17-7-13-3-1-11(5-15(13)9-19)12-2-4-14(8-18)16(6-12)10-20/h1-6H,7-10,17-20H2. The molecule has 2 rings (SSSR count). The van der Waals surface area contributed by atoms with E-state index in [9.17, 15) is 0 Å². The smallest absolute Gasteiger partial charge is 0.0125 e.